The van der Waals surface area contributed by atoms with E-state index >= 15 is 0 Å². The first-order valence-corrected chi connectivity index (χ1v) is 11.0. The Bertz CT molecular complexity index is 883. The minimum Gasteiger partial charge on any atom is -0.359 e. The van der Waals surface area contributed by atoms with Gasteiger partial charge in [0.05, 0.1) is 0 Å². The molecule has 2 aromatic rings. The maximum absolute atomic E-state index is 13.3. The third kappa shape index (κ3) is 5.40. The predicted molar refractivity (Wildman–Crippen MR) is 123 cm³/mol. The van der Waals surface area contributed by atoms with Crippen LogP contribution >= 0.6 is 11.6 Å². The van der Waals surface area contributed by atoms with Gasteiger partial charge in [-0.3, -0.25) is 9.59 Å². The Kier molecular flexibility index (Phi) is 7.49. The zero-order valence-electron chi connectivity index (χ0n) is 17.6. The molecule has 3 rings (SSSR count). The molecule has 1 amide bonds. The van der Waals surface area contributed by atoms with E-state index in [0.29, 0.717) is 17.9 Å². The lowest BCUT2D eigenvalue weighted by molar-refractivity contribution is -0.134. The van der Waals surface area contributed by atoms with E-state index in [4.69, 9.17) is 11.6 Å². The summed E-state index contributed by atoms with van der Waals surface area (Å²) in [6, 6.07) is 18.4. The standard InChI is InChI=1S/C26H30ClNO2/c1-19(27)18-26(14-6-7-15-26)24(29)17-23(25(30)28-2)16-20-10-12-22(13-11-20)21-8-4-3-5-9-21/h3-5,8-13,23H,1,6-7,14-18H2,2H3,(H,28,30). The fraction of sp³-hybridized carbons (Fsp3) is 0.385. The average molecular weight is 424 g/mol. The van der Waals surface area contributed by atoms with Crippen molar-refractivity contribution < 1.29 is 9.59 Å². The molecule has 30 heavy (non-hydrogen) atoms. The Morgan fingerprint density at radius 2 is 1.63 bits per heavy atom. The fourth-order valence-electron chi connectivity index (χ4n) is 4.62. The smallest absolute Gasteiger partial charge is 0.223 e. The topological polar surface area (TPSA) is 46.2 Å². The van der Waals surface area contributed by atoms with Crippen LogP contribution in [0.5, 0.6) is 0 Å². The van der Waals surface area contributed by atoms with E-state index in [2.05, 4.69) is 48.3 Å². The van der Waals surface area contributed by atoms with Crippen molar-refractivity contribution in [1.29, 1.82) is 0 Å². The molecule has 1 unspecified atom stereocenters. The normalized spacial score (nSPS) is 16.1. The van der Waals surface area contributed by atoms with Gasteiger partial charge in [0.2, 0.25) is 5.91 Å². The van der Waals surface area contributed by atoms with E-state index < -0.39 is 5.41 Å². The van der Waals surface area contributed by atoms with E-state index in [9.17, 15) is 9.59 Å². The highest BCUT2D eigenvalue weighted by Crippen LogP contribution is 2.45. The minimum absolute atomic E-state index is 0.0895. The number of amides is 1. The summed E-state index contributed by atoms with van der Waals surface area (Å²) in [7, 11) is 1.63. The molecule has 0 aliphatic heterocycles. The van der Waals surface area contributed by atoms with Gasteiger partial charge in [-0.15, -0.1) is 0 Å². The van der Waals surface area contributed by atoms with Crippen molar-refractivity contribution in [3.63, 3.8) is 0 Å². The van der Waals surface area contributed by atoms with Crippen LogP contribution in [0.2, 0.25) is 0 Å². The molecule has 1 saturated carbocycles. The second-order valence-corrected chi connectivity index (χ2v) is 8.92. The summed E-state index contributed by atoms with van der Waals surface area (Å²) in [5.74, 6) is -0.323. The van der Waals surface area contributed by atoms with Gasteiger partial charge in [-0.2, -0.15) is 0 Å². The van der Waals surface area contributed by atoms with E-state index in [1.807, 2.05) is 18.2 Å². The number of halogens is 1. The number of nitrogens with one attached hydrogen (secondary N) is 1. The third-order valence-corrected chi connectivity index (χ3v) is 6.41. The first-order valence-electron chi connectivity index (χ1n) is 10.7. The highest BCUT2D eigenvalue weighted by atomic mass is 35.5. The number of hydrogen-bond acceptors (Lipinski definition) is 2. The van der Waals surface area contributed by atoms with E-state index in [1.165, 1.54) is 0 Å². The molecule has 1 aliphatic carbocycles. The zero-order chi connectivity index (χ0) is 21.6. The second-order valence-electron chi connectivity index (χ2n) is 8.39. The van der Waals surface area contributed by atoms with E-state index in [1.54, 1.807) is 7.05 Å². The van der Waals surface area contributed by atoms with Crippen molar-refractivity contribution in [2.75, 3.05) is 7.05 Å². The summed E-state index contributed by atoms with van der Waals surface area (Å²) in [5, 5.41) is 3.26. The summed E-state index contributed by atoms with van der Waals surface area (Å²) in [5.41, 5.74) is 2.91. The highest BCUT2D eigenvalue weighted by molar-refractivity contribution is 6.29. The molecule has 4 heteroatoms. The van der Waals surface area contributed by atoms with Gasteiger partial charge in [0.25, 0.3) is 0 Å². The first-order chi connectivity index (χ1) is 14.4. The molecule has 2 aromatic carbocycles. The summed E-state index contributed by atoms with van der Waals surface area (Å²) < 4.78 is 0. The summed E-state index contributed by atoms with van der Waals surface area (Å²) in [6.07, 6.45) is 5.03. The molecule has 0 heterocycles. The predicted octanol–water partition coefficient (Wildman–Crippen LogP) is 5.92. The minimum atomic E-state index is -0.442. The van der Waals surface area contributed by atoms with Crippen LogP contribution < -0.4 is 5.32 Å². The Morgan fingerprint density at radius 3 is 2.20 bits per heavy atom. The summed E-state index contributed by atoms with van der Waals surface area (Å²) in [4.78, 5) is 25.9. The Hall–Kier alpha value is -2.39. The third-order valence-electron chi connectivity index (χ3n) is 6.27. The molecule has 0 radical (unpaired) electrons. The number of ketones is 1. The van der Waals surface area contributed by atoms with Gasteiger partial charge >= 0.3 is 0 Å². The molecular weight excluding hydrogens is 394 g/mol. The first kappa shape index (κ1) is 22.3. The van der Waals surface area contributed by atoms with E-state index in [-0.39, 0.29) is 24.0 Å². The van der Waals surface area contributed by atoms with Gasteiger partial charge in [-0.25, -0.2) is 0 Å². The summed E-state index contributed by atoms with van der Waals surface area (Å²) >= 11 is 6.09. The molecule has 3 nitrogen and oxygen atoms in total. The maximum Gasteiger partial charge on any atom is 0.223 e. The molecular formula is C26H30ClNO2. The Balaban J connectivity index is 1.74. The quantitative estimate of drug-likeness (QED) is 0.544. The van der Waals surface area contributed by atoms with Crippen molar-refractivity contribution in [2.45, 2.75) is 44.9 Å². The molecule has 1 N–H and O–H groups in total. The lowest BCUT2D eigenvalue weighted by Crippen LogP contribution is -2.36. The largest absolute Gasteiger partial charge is 0.359 e. The van der Waals surface area contributed by atoms with Crippen LogP contribution in [0.3, 0.4) is 0 Å². The Labute approximate surface area is 184 Å². The van der Waals surface area contributed by atoms with Crippen LogP contribution in [0.4, 0.5) is 0 Å². The van der Waals surface area contributed by atoms with Crippen LogP contribution in [0.15, 0.2) is 66.2 Å². The number of rotatable bonds is 9. The lowest BCUT2D eigenvalue weighted by Gasteiger charge is -2.29. The van der Waals surface area contributed by atoms with Crippen LogP contribution in [-0.4, -0.2) is 18.7 Å². The van der Waals surface area contributed by atoms with Crippen LogP contribution in [-0.2, 0) is 16.0 Å². The van der Waals surface area contributed by atoms with Gasteiger partial charge in [0.1, 0.15) is 5.78 Å². The molecule has 1 atom stereocenters. The van der Waals surface area contributed by atoms with Crippen LogP contribution in [0, 0.1) is 11.3 Å². The fourth-order valence-corrected chi connectivity index (χ4v) is 4.88. The average Bonchev–Trinajstić information content (AvgIpc) is 3.23. The monoisotopic (exact) mass is 423 g/mol. The molecule has 0 aromatic heterocycles. The van der Waals surface area contributed by atoms with E-state index in [0.717, 1.165) is 42.4 Å². The molecule has 0 bridgehead atoms. The van der Waals surface area contributed by atoms with Gasteiger partial charge in [-0.1, -0.05) is 85.6 Å². The van der Waals surface area contributed by atoms with Crippen LogP contribution in [0.25, 0.3) is 11.1 Å². The zero-order valence-corrected chi connectivity index (χ0v) is 18.4. The summed E-state index contributed by atoms with van der Waals surface area (Å²) in [6.45, 7) is 3.81. The number of Topliss-reactive ketones (excluding diaryl/α,β-unsaturated/α-hetero) is 1. The van der Waals surface area contributed by atoms with Crippen molar-refractivity contribution >= 4 is 23.3 Å². The number of carbonyl (C=O) groups is 2. The molecule has 1 aliphatic rings. The molecule has 158 valence electrons. The maximum atomic E-state index is 13.3. The van der Waals surface area contributed by atoms with Gasteiger partial charge in [0, 0.05) is 29.8 Å². The van der Waals surface area contributed by atoms with Gasteiger partial charge in [-0.05, 0) is 42.4 Å². The number of carbonyl (C=O) groups excluding carboxylic acids is 2. The van der Waals surface area contributed by atoms with Crippen LogP contribution in [0.1, 0.15) is 44.1 Å². The lowest BCUT2D eigenvalue weighted by atomic mass is 9.74. The number of allylic oxidation sites excluding steroid dienone is 1. The van der Waals surface area contributed by atoms with Crippen molar-refractivity contribution in [2.24, 2.45) is 11.3 Å². The van der Waals surface area contributed by atoms with Gasteiger partial charge < -0.3 is 5.32 Å². The van der Waals surface area contributed by atoms with Crippen molar-refractivity contribution in [3.05, 3.63) is 71.8 Å². The number of hydrogen-bond donors (Lipinski definition) is 1. The molecule has 0 spiro atoms. The van der Waals surface area contributed by atoms with Crippen molar-refractivity contribution in [3.8, 4) is 11.1 Å². The highest BCUT2D eigenvalue weighted by Gasteiger charge is 2.42. The molecule has 1 fully saturated rings. The SMILES string of the molecule is C=C(Cl)CC1(C(=O)CC(Cc2ccc(-c3ccccc3)cc2)C(=O)NC)CCCC1. The Morgan fingerprint density at radius 1 is 1.03 bits per heavy atom. The number of benzene rings is 2. The van der Waals surface area contributed by atoms with Crippen molar-refractivity contribution in [1.82, 2.24) is 5.32 Å². The second kappa shape index (κ2) is 10.1. The van der Waals surface area contributed by atoms with Gasteiger partial charge in [0.15, 0.2) is 0 Å². The molecule has 0 saturated heterocycles.